The number of rotatable bonds is 18. The highest BCUT2D eigenvalue weighted by Gasteiger charge is 2.48. The molecule has 4 heteroatoms. The summed E-state index contributed by atoms with van der Waals surface area (Å²) in [7, 11) is 0. The lowest BCUT2D eigenvalue weighted by molar-refractivity contribution is 0.768. The monoisotopic (exact) mass is 1810 g/mol. The van der Waals surface area contributed by atoms with Crippen LogP contribution in [0.15, 0.2) is 570 Å². The van der Waals surface area contributed by atoms with E-state index in [9.17, 15) is 0 Å². The maximum Gasteiger partial charge on any atom is 0.0714 e. The highest BCUT2D eigenvalue weighted by Crippen LogP contribution is 2.61. The maximum atomic E-state index is 2.49. The molecule has 2 aromatic heterocycles. The smallest absolute Gasteiger partial charge is 0.0714 e. The van der Waals surface area contributed by atoms with Crippen molar-refractivity contribution in [2.45, 2.75) is 10.8 Å². The molecule has 2 aliphatic carbocycles. The van der Waals surface area contributed by atoms with E-state index in [1.165, 1.54) is 166 Å². The maximum absolute atomic E-state index is 2.49. The van der Waals surface area contributed by atoms with Crippen molar-refractivity contribution in [1.82, 2.24) is 9.13 Å². The lowest BCUT2D eigenvalue weighted by Gasteiger charge is -2.35. The van der Waals surface area contributed by atoms with Crippen molar-refractivity contribution in [3.8, 4) is 100 Å². The van der Waals surface area contributed by atoms with Crippen molar-refractivity contribution in [3.05, 3.63) is 615 Å². The van der Waals surface area contributed by atoms with Gasteiger partial charge in [0.1, 0.15) is 0 Å². The van der Waals surface area contributed by atoms with Crippen LogP contribution in [0.25, 0.3) is 155 Å². The van der Waals surface area contributed by atoms with Crippen LogP contribution in [0.2, 0.25) is 0 Å². The minimum Gasteiger partial charge on any atom is -0.310 e. The third-order valence-electron chi connectivity index (χ3n) is 29.5. The summed E-state index contributed by atoms with van der Waals surface area (Å²) in [6.07, 6.45) is 0. The largest absolute Gasteiger partial charge is 0.310 e. The van der Waals surface area contributed by atoms with Crippen LogP contribution in [0.4, 0.5) is 34.1 Å². The summed E-state index contributed by atoms with van der Waals surface area (Å²) in [4.78, 5) is 4.92. The Morgan fingerprint density at radius 2 is 0.430 bits per heavy atom. The normalized spacial score (nSPS) is 12.5. The van der Waals surface area contributed by atoms with Crippen LogP contribution in [-0.4, -0.2) is 9.13 Å². The third-order valence-corrected chi connectivity index (χ3v) is 29.5. The number of aromatic nitrogens is 2. The van der Waals surface area contributed by atoms with E-state index in [0.29, 0.717) is 0 Å². The van der Waals surface area contributed by atoms with Gasteiger partial charge in [0.25, 0.3) is 0 Å². The van der Waals surface area contributed by atoms with Gasteiger partial charge >= 0.3 is 0 Å². The Morgan fingerprint density at radius 1 is 0.141 bits per heavy atom. The molecule has 4 nitrogen and oxygen atoms in total. The zero-order valence-corrected chi connectivity index (χ0v) is 78.1. The molecule has 0 spiro atoms. The van der Waals surface area contributed by atoms with Crippen LogP contribution in [0.1, 0.15) is 44.5 Å². The lowest BCUT2D eigenvalue weighted by Crippen LogP contribution is -2.28. The van der Waals surface area contributed by atoms with Gasteiger partial charge in [0.2, 0.25) is 0 Å². The number of hydrogen-bond donors (Lipinski definition) is 0. The Kier molecular flexibility index (Phi) is 21.1. The van der Waals surface area contributed by atoms with Crippen molar-refractivity contribution in [2.24, 2.45) is 0 Å². The van der Waals surface area contributed by atoms with Gasteiger partial charge in [0.05, 0.1) is 38.6 Å². The molecule has 142 heavy (non-hydrogen) atoms. The molecule has 0 unspecified atom stereocenters. The first-order valence-corrected chi connectivity index (χ1v) is 49.1. The van der Waals surface area contributed by atoms with E-state index in [1.54, 1.807) is 0 Å². The van der Waals surface area contributed by atoms with Gasteiger partial charge in [-0.05, 0) is 278 Å². The number of anilines is 6. The number of hydrogen-bond acceptors (Lipinski definition) is 2. The molecule has 0 bridgehead atoms. The van der Waals surface area contributed by atoms with Crippen LogP contribution in [0.5, 0.6) is 0 Å². The SMILES string of the molecule is c1ccc(-c2ccc(N(c3cccc(-c4cccc(-c5ccc6c(c5)c5ccccc5n6-c5ccccc5)c4)c3)c3ccc4c(c3)C(c3ccccc3)(c3ccccc3)c3ccccc3-4)c3ccccc23)cc1.c1ccc(-c2ccc(N(c3cccc(-c4cccc(-c5ccc6c(c5)c5ccccc5n6-c5ccccc5)c4)c3)c3ccc4c(c3)C(c3ccccc3)(c3ccccc3)c3ccccc3-4)cc2)cc1. The standard InChI is InChI=1S/C71H48N2.C67H46N2/c1-5-21-49(22-6-1)59-42-44-69(63-35-14-13-33-60(59)63)72(58-40-41-62-61-34-15-17-37-66(61)71(67(62)48-58,54-26-7-2-8-27-54)55-28-9-3-10-29-55)57-32-20-25-52(46-57)50-23-19-24-51(45-50)53-39-43-70-65(47-53)64-36-16-18-38-68(64)73(70)56-30-11-4-12-31-56;1-5-19-47(20-6-1)48-35-38-56(39-36-48)68(58-40-41-60-59-31-13-15-33-63(59)67(64(60)46-58,53-24-7-2-8-25-53)54-26-9-3-10-27-54)57-30-18-23-51(44-57)49-21-17-22-50(43-49)52-37-42-66-62(45-52)61-32-14-16-34-65(61)69(66)55-28-11-4-12-29-55/h1-48H;1-46H. The molecule has 2 heterocycles. The Hall–Kier alpha value is -18.5. The molecule has 0 saturated heterocycles. The topological polar surface area (TPSA) is 16.3 Å². The van der Waals surface area contributed by atoms with Crippen molar-refractivity contribution in [1.29, 1.82) is 0 Å². The first-order valence-electron chi connectivity index (χ1n) is 49.1. The molecule has 0 radical (unpaired) electrons. The summed E-state index contributed by atoms with van der Waals surface area (Å²) < 4.78 is 4.75. The van der Waals surface area contributed by atoms with Gasteiger partial charge in [-0.25, -0.2) is 0 Å². The quantitative estimate of drug-likeness (QED) is 0.0851. The second-order valence-corrected chi connectivity index (χ2v) is 37.2. The second-order valence-electron chi connectivity index (χ2n) is 37.2. The van der Waals surface area contributed by atoms with E-state index in [0.717, 1.165) is 67.8 Å². The van der Waals surface area contributed by atoms with Crippen molar-refractivity contribution in [2.75, 3.05) is 9.80 Å². The van der Waals surface area contributed by atoms with Gasteiger partial charge in [-0.2, -0.15) is 0 Å². The number of para-hydroxylation sites is 4. The zero-order chi connectivity index (χ0) is 94.0. The highest BCUT2D eigenvalue weighted by atomic mass is 15.2. The van der Waals surface area contributed by atoms with E-state index in [1.807, 2.05) is 0 Å². The minimum atomic E-state index is -0.545. The number of benzene rings is 23. The first kappa shape index (κ1) is 84.1. The van der Waals surface area contributed by atoms with Gasteiger partial charge in [0.15, 0.2) is 0 Å². The molecular weight excluding hydrogens is 1710 g/mol. The van der Waals surface area contributed by atoms with Gasteiger partial charge in [-0.15, -0.1) is 0 Å². The fraction of sp³-hybridized carbons (Fsp3) is 0.0145. The summed E-state index contributed by atoms with van der Waals surface area (Å²) in [6, 6.07) is 209. The Balaban J connectivity index is 0.000000146. The minimum absolute atomic E-state index is 0.519. The molecule has 25 aromatic rings. The van der Waals surface area contributed by atoms with Crippen LogP contribution in [-0.2, 0) is 10.8 Å². The van der Waals surface area contributed by atoms with Gasteiger partial charge in [0, 0.05) is 66.7 Å². The van der Waals surface area contributed by atoms with Crippen LogP contribution >= 0.6 is 0 Å². The average Bonchev–Trinajstić information content (AvgIpc) is 1.53. The summed E-state index contributed by atoms with van der Waals surface area (Å²) in [6.45, 7) is 0. The first-order chi connectivity index (χ1) is 70.4. The Bertz CT molecular complexity index is 8990. The summed E-state index contributed by atoms with van der Waals surface area (Å²) in [5, 5.41) is 7.37. The van der Waals surface area contributed by atoms with E-state index < -0.39 is 10.8 Å². The van der Waals surface area contributed by atoms with Gasteiger partial charge in [-0.3, -0.25) is 0 Å². The third kappa shape index (κ3) is 14.3. The van der Waals surface area contributed by atoms with E-state index in [4.69, 9.17) is 0 Å². The predicted octanol–water partition coefficient (Wildman–Crippen LogP) is 36.4. The van der Waals surface area contributed by atoms with Gasteiger partial charge in [-0.1, -0.05) is 431 Å². The molecule has 666 valence electrons. The fourth-order valence-electron chi connectivity index (χ4n) is 23.2. The molecule has 27 rings (SSSR count). The van der Waals surface area contributed by atoms with E-state index in [-0.39, 0.29) is 0 Å². The van der Waals surface area contributed by atoms with Crippen LogP contribution < -0.4 is 9.80 Å². The zero-order valence-electron chi connectivity index (χ0n) is 78.1. The van der Waals surface area contributed by atoms with Gasteiger partial charge < -0.3 is 18.9 Å². The van der Waals surface area contributed by atoms with Crippen molar-refractivity contribution < 1.29 is 0 Å². The van der Waals surface area contributed by atoms with Crippen molar-refractivity contribution in [3.63, 3.8) is 0 Å². The molecule has 0 fully saturated rings. The fourth-order valence-corrected chi connectivity index (χ4v) is 23.2. The predicted molar refractivity (Wildman–Crippen MR) is 596 cm³/mol. The molecule has 0 aliphatic heterocycles. The molecule has 0 saturated carbocycles. The Labute approximate surface area is 827 Å². The average molecular weight is 1810 g/mol. The van der Waals surface area contributed by atoms with Crippen molar-refractivity contribution >= 4 is 88.5 Å². The highest BCUT2D eigenvalue weighted by molar-refractivity contribution is 6.13. The summed E-state index contributed by atoms with van der Waals surface area (Å²) in [5.74, 6) is 0. The molecule has 23 aromatic carbocycles. The lowest BCUT2D eigenvalue weighted by atomic mass is 9.67. The van der Waals surface area contributed by atoms with Crippen LogP contribution in [0, 0.1) is 0 Å². The van der Waals surface area contributed by atoms with E-state index >= 15 is 0 Å². The van der Waals surface area contributed by atoms with E-state index in [2.05, 4.69) is 589 Å². The number of nitrogens with zero attached hydrogens (tertiary/aromatic N) is 4. The molecule has 0 amide bonds. The summed E-state index contributed by atoms with van der Waals surface area (Å²) >= 11 is 0. The Morgan fingerprint density at radius 3 is 0.873 bits per heavy atom. The summed E-state index contributed by atoms with van der Waals surface area (Å²) in [5.41, 5.74) is 42.0. The molecule has 0 N–H and O–H groups in total. The van der Waals surface area contributed by atoms with Crippen LogP contribution in [0.3, 0.4) is 0 Å². The molecule has 2 aliphatic rings. The second kappa shape index (κ2) is 35.6. The number of fused-ring (bicyclic) bond motifs is 13. The molecular formula is C138H94N4. The molecule has 0 atom stereocenters.